The van der Waals surface area contributed by atoms with Gasteiger partial charge in [0.05, 0.1) is 5.25 Å². The second-order valence-corrected chi connectivity index (χ2v) is 7.73. The smallest absolute Gasteiger partial charge is 0.233 e. The first-order valence-electron chi connectivity index (χ1n) is 6.66. The van der Waals surface area contributed by atoms with E-state index in [1.807, 2.05) is 13.2 Å². The van der Waals surface area contributed by atoms with Crippen molar-refractivity contribution in [3.05, 3.63) is 0 Å². The highest BCUT2D eigenvalue weighted by atomic mass is 32.2. The van der Waals surface area contributed by atoms with Crippen LogP contribution in [-0.4, -0.2) is 23.5 Å². The molecule has 17 heavy (non-hydrogen) atoms. The van der Waals surface area contributed by atoms with Crippen molar-refractivity contribution in [2.24, 2.45) is 16.7 Å². The standard InChI is InChI=1S/C14H25NOS/c1-9(17-5)12(16)15-11-8-10-6-7-14(11,4)13(10,2)3/h9-11H,6-8H2,1-5H3,(H,15,16)/t9-,10+,11+,14+/m0/s1. The average molecular weight is 255 g/mol. The highest BCUT2D eigenvalue weighted by molar-refractivity contribution is 7.99. The monoisotopic (exact) mass is 255 g/mol. The fourth-order valence-electron chi connectivity index (χ4n) is 3.82. The molecular weight excluding hydrogens is 230 g/mol. The summed E-state index contributed by atoms with van der Waals surface area (Å²) in [6.45, 7) is 9.12. The fraction of sp³-hybridized carbons (Fsp3) is 0.929. The third-order valence-electron chi connectivity index (χ3n) is 5.83. The molecule has 4 atom stereocenters. The molecule has 0 aromatic rings. The Bertz CT molecular complexity index is 328. The van der Waals surface area contributed by atoms with Crippen molar-refractivity contribution in [1.82, 2.24) is 5.32 Å². The van der Waals surface area contributed by atoms with Gasteiger partial charge in [0.1, 0.15) is 0 Å². The summed E-state index contributed by atoms with van der Waals surface area (Å²) in [7, 11) is 0. The van der Waals surface area contributed by atoms with Gasteiger partial charge in [-0.15, -0.1) is 0 Å². The lowest BCUT2D eigenvalue weighted by Crippen LogP contribution is -2.48. The molecule has 2 aliphatic rings. The summed E-state index contributed by atoms with van der Waals surface area (Å²) in [5.74, 6) is 1.01. The number of fused-ring (bicyclic) bond motifs is 2. The van der Waals surface area contributed by atoms with E-state index in [1.165, 1.54) is 19.3 Å². The SMILES string of the molecule is CS[C@@H](C)C(=O)N[C@@H]1C[C@H]2CC[C@@]1(C)C2(C)C. The number of rotatable bonds is 3. The first kappa shape index (κ1) is 13.3. The van der Waals surface area contributed by atoms with E-state index in [0.717, 1.165) is 5.92 Å². The minimum atomic E-state index is 0.0702. The maximum Gasteiger partial charge on any atom is 0.233 e. The maximum atomic E-state index is 12.0. The zero-order valence-electron chi connectivity index (χ0n) is 11.7. The molecule has 1 amide bonds. The average Bonchev–Trinajstić information content (AvgIpc) is 2.60. The molecule has 2 fully saturated rings. The van der Waals surface area contributed by atoms with Crippen LogP contribution >= 0.6 is 11.8 Å². The molecule has 98 valence electrons. The number of hydrogen-bond acceptors (Lipinski definition) is 2. The van der Waals surface area contributed by atoms with E-state index in [-0.39, 0.29) is 11.2 Å². The Morgan fingerprint density at radius 1 is 1.41 bits per heavy atom. The van der Waals surface area contributed by atoms with Crippen molar-refractivity contribution in [2.75, 3.05) is 6.26 Å². The van der Waals surface area contributed by atoms with E-state index < -0.39 is 0 Å². The zero-order valence-corrected chi connectivity index (χ0v) is 12.5. The van der Waals surface area contributed by atoms with Crippen LogP contribution in [0.25, 0.3) is 0 Å². The number of carbonyl (C=O) groups is 1. The molecule has 0 radical (unpaired) electrons. The number of nitrogens with one attached hydrogen (secondary N) is 1. The van der Waals surface area contributed by atoms with Crippen LogP contribution in [0, 0.1) is 16.7 Å². The van der Waals surface area contributed by atoms with Gasteiger partial charge >= 0.3 is 0 Å². The summed E-state index contributed by atoms with van der Waals surface area (Å²) < 4.78 is 0. The number of thioether (sulfide) groups is 1. The van der Waals surface area contributed by atoms with Gasteiger partial charge in [-0.3, -0.25) is 4.79 Å². The number of carbonyl (C=O) groups excluding carboxylic acids is 1. The highest BCUT2D eigenvalue weighted by Gasteiger charge is 2.61. The Kier molecular flexibility index (Phi) is 3.26. The quantitative estimate of drug-likeness (QED) is 0.839. The van der Waals surface area contributed by atoms with Gasteiger partial charge in [0.15, 0.2) is 0 Å². The largest absolute Gasteiger partial charge is 0.352 e. The summed E-state index contributed by atoms with van der Waals surface area (Å²) in [6.07, 6.45) is 5.78. The summed E-state index contributed by atoms with van der Waals surface area (Å²) in [5.41, 5.74) is 0.680. The summed E-state index contributed by atoms with van der Waals surface area (Å²) in [4.78, 5) is 12.0. The van der Waals surface area contributed by atoms with Crippen molar-refractivity contribution in [3.63, 3.8) is 0 Å². The lowest BCUT2D eigenvalue weighted by molar-refractivity contribution is -0.122. The van der Waals surface area contributed by atoms with Gasteiger partial charge in [0.2, 0.25) is 5.91 Å². The molecule has 2 saturated carbocycles. The first-order valence-corrected chi connectivity index (χ1v) is 7.95. The number of hydrogen-bond donors (Lipinski definition) is 1. The summed E-state index contributed by atoms with van der Waals surface area (Å²) in [6, 6.07) is 0.387. The lowest BCUT2D eigenvalue weighted by Gasteiger charge is -2.39. The molecule has 3 heteroatoms. The van der Waals surface area contributed by atoms with Gasteiger partial charge < -0.3 is 5.32 Å². The minimum absolute atomic E-state index is 0.0702. The fourth-order valence-corrected chi connectivity index (χ4v) is 4.10. The van der Waals surface area contributed by atoms with Gasteiger partial charge in [-0.05, 0) is 49.2 Å². The van der Waals surface area contributed by atoms with Crippen molar-refractivity contribution < 1.29 is 4.79 Å². The van der Waals surface area contributed by atoms with Crippen LogP contribution in [0.1, 0.15) is 47.0 Å². The van der Waals surface area contributed by atoms with Crippen molar-refractivity contribution in [2.45, 2.75) is 58.2 Å². The number of amides is 1. The van der Waals surface area contributed by atoms with Crippen LogP contribution in [0.4, 0.5) is 0 Å². The topological polar surface area (TPSA) is 29.1 Å². The second kappa shape index (κ2) is 4.18. The van der Waals surface area contributed by atoms with Crippen LogP contribution in [0.5, 0.6) is 0 Å². The van der Waals surface area contributed by atoms with Crippen LogP contribution in [-0.2, 0) is 4.79 Å². The van der Waals surface area contributed by atoms with Crippen LogP contribution in [0.3, 0.4) is 0 Å². The van der Waals surface area contributed by atoms with Gasteiger partial charge in [-0.2, -0.15) is 11.8 Å². The predicted molar refractivity (Wildman–Crippen MR) is 74.1 cm³/mol. The van der Waals surface area contributed by atoms with Crippen molar-refractivity contribution in [1.29, 1.82) is 0 Å². The molecule has 0 aliphatic heterocycles. The third kappa shape index (κ3) is 1.81. The van der Waals surface area contributed by atoms with Crippen LogP contribution in [0.2, 0.25) is 0 Å². The first-order chi connectivity index (χ1) is 7.83. The summed E-state index contributed by atoms with van der Waals surface area (Å²) >= 11 is 1.62. The third-order valence-corrected chi connectivity index (χ3v) is 6.75. The molecule has 0 unspecified atom stereocenters. The van der Waals surface area contributed by atoms with Gasteiger partial charge in [-0.1, -0.05) is 20.8 Å². The van der Waals surface area contributed by atoms with E-state index in [9.17, 15) is 4.79 Å². The van der Waals surface area contributed by atoms with E-state index in [4.69, 9.17) is 0 Å². The molecule has 2 nitrogen and oxygen atoms in total. The van der Waals surface area contributed by atoms with Crippen molar-refractivity contribution >= 4 is 17.7 Å². The van der Waals surface area contributed by atoms with Crippen molar-refractivity contribution in [3.8, 4) is 0 Å². The highest BCUT2D eigenvalue weighted by Crippen LogP contribution is 2.65. The Hall–Kier alpha value is -0.180. The van der Waals surface area contributed by atoms with E-state index >= 15 is 0 Å². The van der Waals surface area contributed by atoms with E-state index in [0.29, 0.717) is 16.9 Å². The van der Waals surface area contributed by atoms with Gasteiger partial charge in [0.25, 0.3) is 0 Å². The van der Waals surface area contributed by atoms with E-state index in [1.54, 1.807) is 11.8 Å². The Balaban J connectivity index is 2.08. The molecule has 1 N–H and O–H groups in total. The maximum absolute atomic E-state index is 12.0. The molecule has 0 aromatic heterocycles. The van der Waals surface area contributed by atoms with E-state index in [2.05, 4.69) is 26.1 Å². The molecule has 0 saturated heterocycles. The molecule has 2 rings (SSSR count). The summed E-state index contributed by atoms with van der Waals surface area (Å²) in [5, 5.41) is 3.37. The normalized spacial score (nSPS) is 40.3. The minimum Gasteiger partial charge on any atom is -0.352 e. The molecule has 2 aliphatic carbocycles. The Labute approximate surface area is 109 Å². The molecule has 2 bridgehead atoms. The zero-order chi connectivity index (χ0) is 12.8. The second-order valence-electron chi connectivity index (χ2n) is 6.55. The lowest BCUT2D eigenvalue weighted by atomic mass is 9.69. The Morgan fingerprint density at radius 2 is 2.06 bits per heavy atom. The molecular formula is C14H25NOS. The molecule has 0 aromatic carbocycles. The molecule has 0 heterocycles. The van der Waals surface area contributed by atoms with Crippen LogP contribution < -0.4 is 5.32 Å². The Morgan fingerprint density at radius 3 is 2.47 bits per heavy atom. The predicted octanol–water partition coefficient (Wildman–Crippen LogP) is 3.07. The van der Waals surface area contributed by atoms with Gasteiger partial charge in [-0.25, -0.2) is 0 Å². The molecule has 0 spiro atoms. The van der Waals surface area contributed by atoms with Crippen LogP contribution in [0.15, 0.2) is 0 Å². The van der Waals surface area contributed by atoms with Gasteiger partial charge in [0, 0.05) is 6.04 Å².